The summed E-state index contributed by atoms with van der Waals surface area (Å²) < 4.78 is 1.89. The van der Waals surface area contributed by atoms with Crippen LogP contribution < -0.4 is 10.6 Å². The number of aromatic nitrogens is 2. The number of amides is 2. The van der Waals surface area contributed by atoms with Crippen LogP contribution in [0.4, 0.5) is 0 Å². The van der Waals surface area contributed by atoms with Crippen LogP contribution in [0.2, 0.25) is 0 Å². The zero-order valence-corrected chi connectivity index (χ0v) is 11.8. The van der Waals surface area contributed by atoms with Gasteiger partial charge in [0.2, 0.25) is 11.8 Å². The molecule has 1 saturated heterocycles. The zero-order valence-electron chi connectivity index (χ0n) is 11.0. The molecule has 2 aromatic heterocycles. The van der Waals surface area contributed by atoms with Gasteiger partial charge in [-0.25, -0.2) is 4.98 Å². The molecule has 3 heterocycles. The van der Waals surface area contributed by atoms with Crippen molar-refractivity contribution in [2.24, 2.45) is 0 Å². The average molecular weight is 292 g/mol. The van der Waals surface area contributed by atoms with Crippen LogP contribution in [0.15, 0.2) is 17.8 Å². The summed E-state index contributed by atoms with van der Waals surface area (Å²) in [6.45, 7) is 0.697. The standard InChI is InChI=1S/C13H16N4O2S/c18-11(16-10-3-1-2-4-14-12(10)19)7-9-8-17-5-6-20-13(17)15-9/h5-6,8,10H,1-4,7H2,(H,14,19)(H,16,18)/t10-/m1/s1. The molecule has 1 aliphatic heterocycles. The Bertz CT molecular complexity index is 605. The van der Waals surface area contributed by atoms with Gasteiger partial charge in [-0.2, -0.15) is 0 Å². The van der Waals surface area contributed by atoms with Crippen molar-refractivity contribution in [3.8, 4) is 0 Å². The van der Waals surface area contributed by atoms with E-state index in [4.69, 9.17) is 0 Å². The van der Waals surface area contributed by atoms with Crippen molar-refractivity contribution in [2.75, 3.05) is 6.54 Å². The lowest BCUT2D eigenvalue weighted by molar-refractivity contribution is -0.128. The van der Waals surface area contributed by atoms with E-state index in [9.17, 15) is 9.59 Å². The molecule has 1 aliphatic rings. The van der Waals surface area contributed by atoms with Gasteiger partial charge in [-0.3, -0.25) is 14.0 Å². The van der Waals surface area contributed by atoms with E-state index in [0.29, 0.717) is 13.0 Å². The molecule has 2 N–H and O–H groups in total. The minimum atomic E-state index is -0.409. The lowest BCUT2D eigenvalue weighted by atomic mass is 10.1. The van der Waals surface area contributed by atoms with E-state index in [1.165, 1.54) is 11.3 Å². The maximum Gasteiger partial charge on any atom is 0.242 e. The number of hydrogen-bond donors (Lipinski definition) is 2. The number of rotatable bonds is 3. The number of carbonyl (C=O) groups is 2. The van der Waals surface area contributed by atoms with Crippen LogP contribution >= 0.6 is 11.3 Å². The summed E-state index contributed by atoms with van der Waals surface area (Å²) in [5.74, 6) is -0.237. The van der Waals surface area contributed by atoms with E-state index in [2.05, 4.69) is 15.6 Å². The van der Waals surface area contributed by atoms with Gasteiger partial charge in [0.1, 0.15) is 6.04 Å². The van der Waals surface area contributed by atoms with Crippen LogP contribution in [0, 0.1) is 0 Å². The first kappa shape index (κ1) is 13.1. The zero-order chi connectivity index (χ0) is 13.9. The monoisotopic (exact) mass is 292 g/mol. The highest BCUT2D eigenvalue weighted by atomic mass is 32.1. The molecule has 0 unspecified atom stereocenters. The molecular formula is C13H16N4O2S. The molecule has 2 aromatic rings. The van der Waals surface area contributed by atoms with E-state index < -0.39 is 6.04 Å². The van der Waals surface area contributed by atoms with Crippen molar-refractivity contribution >= 4 is 28.1 Å². The number of nitrogens with zero attached hydrogens (tertiary/aromatic N) is 2. The highest BCUT2D eigenvalue weighted by Crippen LogP contribution is 2.12. The van der Waals surface area contributed by atoms with Crippen molar-refractivity contribution in [1.29, 1.82) is 0 Å². The second kappa shape index (κ2) is 5.62. The topological polar surface area (TPSA) is 75.5 Å². The van der Waals surface area contributed by atoms with E-state index in [-0.39, 0.29) is 18.2 Å². The Hall–Kier alpha value is -1.89. The van der Waals surface area contributed by atoms with Crippen LogP contribution in [0.5, 0.6) is 0 Å². The number of fused-ring (bicyclic) bond motifs is 1. The second-order valence-electron chi connectivity index (χ2n) is 4.91. The van der Waals surface area contributed by atoms with E-state index >= 15 is 0 Å². The van der Waals surface area contributed by atoms with Gasteiger partial charge in [0.25, 0.3) is 0 Å². The largest absolute Gasteiger partial charge is 0.354 e. The Kier molecular flexibility index (Phi) is 3.68. The van der Waals surface area contributed by atoms with Crippen molar-refractivity contribution < 1.29 is 9.59 Å². The Morgan fingerprint density at radius 1 is 1.55 bits per heavy atom. The molecule has 20 heavy (non-hydrogen) atoms. The normalized spacial score (nSPS) is 19.6. The Morgan fingerprint density at radius 2 is 2.45 bits per heavy atom. The summed E-state index contributed by atoms with van der Waals surface area (Å²) in [6, 6.07) is -0.409. The maximum absolute atomic E-state index is 12.0. The maximum atomic E-state index is 12.0. The van der Waals surface area contributed by atoms with E-state index in [0.717, 1.165) is 23.5 Å². The highest BCUT2D eigenvalue weighted by Gasteiger charge is 2.22. The number of thiazole rings is 1. The fraction of sp³-hybridized carbons (Fsp3) is 0.462. The minimum Gasteiger partial charge on any atom is -0.354 e. The van der Waals surface area contributed by atoms with Crippen molar-refractivity contribution in [3.05, 3.63) is 23.5 Å². The first-order chi connectivity index (χ1) is 9.72. The number of imidazole rings is 1. The van der Waals surface area contributed by atoms with Gasteiger partial charge in [0, 0.05) is 24.3 Å². The molecule has 2 amide bonds. The van der Waals surface area contributed by atoms with Gasteiger partial charge < -0.3 is 10.6 Å². The molecule has 1 atom stereocenters. The average Bonchev–Trinajstić information content (AvgIpc) is 2.91. The Labute approximate surface area is 120 Å². The van der Waals surface area contributed by atoms with Gasteiger partial charge in [0.15, 0.2) is 4.96 Å². The molecule has 106 valence electrons. The summed E-state index contributed by atoms with van der Waals surface area (Å²) in [7, 11) is 0. The minimum absolute atomic E-state index is 0.0818. The number of nitrogens with one attached hydrogen (secondary N) is 2. The summed E-state index contributed by atoms with van der Waals surface area (Å²) in [5.41, 5.74) is 0.725. The third-order valence-corrected chi connectivity index (χ3v) is 4.13. The van der Waals surface area contributed by atoms with E-state index in [1.807, 2.05) is 22.2 Å². The smallest absolute Gasteiger partial charge is 0.242 e. The summed E-state index contributed by atoms with van der Waals surface area (Å²) in [6.07, 6.45) is 6.58. The molecule has 0 aromatic carbocycles. The predicted octanol–water partition coefficient (Wildman–Crippen LogP) is 0.723. The predicted molar refractivity (Wildman–Crippen MR) is 75.6 cm³/mol. The van der Waals surface area contributed by atoms with Crippen LogP contribution in [0.1, 0.15) is 25.0 Å². The SMILES string of the molecule is O=C(Cc1cn2ccsc2n1)N[C@@H]1CCCCNC1=O. The molecule has 7 heteroatoms. The van der Waals surface area contributed by atoms with Gasteiger partial charge in [-0.05, 0) is 19.3 Å². The quantitative estimate of drug-likeness (QED) is 0.875. The lowest BCUT2D eigenvalue weighted by Crippen LogP contribution is -2.46. The number of hydrogen-bond acceptors (Lipinski definition) is 4. The molecule has 0 bridgehead atoms. The first-order valence-electron chi connectivity index (χ1n) is 6.70. The highest BCUT2D eigenvalue weighted by molar-refractivity contribution is 7.15. The lowest BCUT2D eigenvalue weighted by Gasteiger charge is -2.14. The third kappa shape index (κ3) is 2.82. The van der Waals surface area contributed by atoms with Crippen molar-refractivity contribution in [3.63, 3.8) is 0 Å². The fourth-order valence-corrected chi connectivity index (χ4v) is 3.07. The molecule has 6 nitrogen and oxygen atoms in total. The van der Waals surface area contributed by atoms with Gasteiger partial charge in [0.05, 0.1) is 12.1 Å². The van der Waals surface area contributed by atoms with E-state index in [1.54, 1.807) is 0 Å². The number of carbonyl (C=O) groups excluding carboxylic acids is 2. The molecule has 3 rings (SSSR count). The first-order valence-corrected chi connectivity index (χ1v) is 7.58. The molecule has 1 fully saturated rings. The molecule has 0 radical (unpaired) electrons. The summed E-state index contributed by atoms with van der Waals surface area (Å²) in [4.78, 5) is 29.0. The van der Waals surface area contributed by atoms with Crippen LogP contribution in [0.25, 0.3) is 4.96 Å². The van der Waals surface area contributed by atoms with Crippen LogP contribution in [-0.4, -0.2) is 33.8 Å². The Balaban J connectivity index is 1.61. The van der Waals surface area contributed by atoms with Gasteiger partial charge in [-0.1, -0.05) is 0 Å². The van der Waals surface area contributed by atoms with Gasteiger partial charge >= 0.3 is 0 Å². The summed E-state index contributed by atoms with van der Waals surface area (Å²) >= 11 is 1.53. The third-order valence-electron chi connectivity index (χ3n) is 3.36. The second-order valence-corrected chi connectivity index (χ2v) is 5.78. The van der Waals surface area contributed by atoms with Gasteiger partial charge in [-0.15, -0.1) is 11.3 Å². The molecule has 0 spiro atoms. The van der Waals surface area contributed by atoms with Crippen LogP contribution in [0.3, 0.4) is 0 Å². The van der Waals surface area contributed by atoms with Crippen molar-refractivity contribution in [2.45, 2.75) is 31.7 Å². The molecule has 0 aliphatic carbocycles. The van der Waals surface area contributed by atoms with Crippen molar-refractivity contribution in [1.82, 2.24) is 20.0 Å². The molecule has 0 saturated carbocycles. The summed E-state index contributed by atoms with van der Waals surface area (Å²) in [5, 5.41) is 7.55. The fourth-order valence-electron chi connectivity index (χ4n) is 2.35. The molecular weight excluding hydrogens is 276 g/mol. The van der Waals surface area contributed by atoms with Crippen LogP contribution in [-0.2, 0) is 16.0 Å². The Morgan fingerprint density at radius 3 is 3.30 bits per heavy atom.